The fourth-order valence-corrected chi connectivity index (χ4v) is 3.67. The van der Waals surface area contributed by atoms with E-state index in [4.69, 9.17) is 40.1 Å². The van der Waals surface area contributed by atoms with Crippen molar-refractivity contribution in [3.8, 4) is 11.8 Å². The van der Waals surface area contributed by atoms with Crippen LogP contribution in [0, 0.1) is 11.3 Å². The molecular weight excluding hydrogens is 400 g/mol. The van der Waals surface area contributed by atoms with Gasteiger partial charge in [-0.25, -0.2) is 8.42 Å². The van der Waals surface area contributed by atoms with Crippen molar-refractivity contribution >= 4 is 44.6 Å². The molecule has 1 aromatic carbocycles. The average Bonchev–Trinajstić information content (AvgIpc) is 2.80. The standard InChI is InChI=1S/C12H4Cl3F3N2O2S/c13-7-1-8(14)11(9(15)2-7)20-4-6(3-19)10(5-20)23(21,22)12(16,17)18/h1-2,4-5H. The lowest BCUT2D eigenvalue weighted by Crippen LogP contribution is -2.23. The molecule has 0 atom stereocenters. The minimum absolute atomic E-state index is 0.00198. The zero-order chi connectivity index (χ0) is 17.6. The Bertz CT molecular complexity index is 907. The first-order valence-electron chi connectivity index (χ1n) is 5.57. The van der Waals surface area contributed by atoms with Crippen LogP contribution in [0.15, 0.2) is 29.4 Å². The van der Waals surface area contributed by atoms with Gasteiger partial charge in [-0.1, -0.05) is 34.8 Å². The third kappa shape index (κ3) is 3.15. The molecule has 122 valence electrons. The molecular formula is C12H4Cl3F3N2O2S. The fourth-order valence-electron chi connectivity index (χ4n) is 1.77. The lowest BCUT2D eigenvalue weighted by molar-refractivity contribution is -0.0436. The summed E-state index contributed by atoms with van der Waals surface area (Å²) in [5.74, 6) is 0. The van der Waals surface area contributed by atoms with Gasteiger partial charge in [0.05, 0.1) is 21.3 Å². The first-order valence-corrected chi connectivity index (χ1v) is 8.19. The highest BCUT2D eigenvalue weighted by atomic mass is 35.5. The van der Waals surface area contributed by atoms with Gasteiger partial charge in [-0.05, 0) is 12.1 Å². The molecule has 0 radical (unpaired) electrons. The molecule has 0 aliphatic heterocycles. The van der Waals surface area contributed by atoms with Crippen LogP contribution >= 0.6 is 34.8 Å². The maximum atomic E-state index is 12.7. The Kier molecular flexibility index (Phi) is 4.61. The Labute approximate surface area is 143 Å². The monoisotopic (exact) mass is 402 g/mol. The predicted molar refractivity (Wildman–Crippen MR) is 78.8 cm³/mol. The molecule has 0 aliphatic carbocycles. The van der Waals surface area contributed by atoms with Crippen molar-refractivity contribution in [3.05, 3.63) is 45.2 Å². The topological polar surface area (TPSA) is 62.9 Å². The zero-order valence-electron chi connectivity index (χ0n) is 10.7. The van der Waals surface area contributed by atoms with E-state index in [9.17, 15) is 21.6 Å². The van der Waals surface area contributed by atoms with Crippen LogP contribution in [-0.4, -0.2) is 18.5 Å². The van der Waals surface area contributed by atoms with Gasteiger partial charge in [-0.15, -0.1) is 0 Å². The summed E-state index contributed by atoms with van der Waals surface area (Å²) in [4.78, 5) is -1.19. The van der Waals surface area contributed by atoms with Crippen molar-refractivity contribution in [2.75, 3.05) is 0 Å². The molecule has 23 heavy (non-hydrogen) atoms. The number of sulfone groups is 1. The highest BCUT2D eigenvalue weighted by molar-refractivity contribution is 7.92. The third-order valence-electron chi connectivity index (χ3n) is 2.74. The molecule has 0 unspecified atom stereocenters. The van der Waals surface area contributed by atoms with E-state index in [0.29, 0.717) is 6.20 Å². The summed E-state index contributed by atoms with van der Waals surface area (Å²) >= 11 is 17.6. The Morgan fingerprint density at radius 3 is 2.04 bits per heavy atom. The number of hydrogen-bond acceptors (Lipinski definition) is 3. The molecule has 1 heterocycles. The highest BCUT2D eigenvalue weighted by Gasteiger charge is 2.48. The van der Waals surface area contributed by atoms with E-state index in [-0.39, 0.29) is 20.8 Å². The summed E-state index contributed by atoms with van der Waals surface area (Å²) < 4.78 is 62.0. The van der Waals surface area contributed by atoms with Gasteiger partial charge >= 0.3 is 5.51 Å². The van der Waals surface area contributed by atoms with Crippen LogP contribution in [0.5, 0.6) is 0 Å². The molecule has 4 nitrogen and oxygen atoms in total. The SMILES string of the molecule is N#Cc1cn(-c2c(Cl)cc(Cl)cc2Cl)cc1S(=O)(=O)C(F)(F)F. The number of benzene rings is 1. The second-order valence-corrected chi connectivity index (χ2v) is 7.38. The van der Waals surface area contributed by atoms with Crippen molar-refractivity contribution < 1.29 is 21.6 Å². The summed E-state index contributed by atoms with van der Waals surface area (Å²) in [6.07, 6.45) is 1.52. The van der Waals surface area contributed by atoms with Gasteiger partial charge in [0.1, 0.15) is 11.0 Å². The van der Waals surface area contributed by atoms with E-state index in [1.54, 1.807) is 0 Å². The summed E-state index contributed by atoms with van der Waals surface area (Å²) in [7, 11) is -5.70. The van der Waals surface area contributed by atoms with Crippen molar-refractivity contribution in [2.45, 2.75) is 10.4 Å². The molecule has 0 saturated carbocycles. The molecule has 0 aliphatic rings. The van der Waals surface area contributed by atoms with E-state index in [0.717, 1.165) is 10.8 Å². The number of hydrogen-bond donors (Lipinski definition) is 0. The van der Waals surface area contributed by atoms with Crippen LogP contribution in [0.2, 0.25) is 15.1 Å². The van der Waals surface area contributed by atoms with E-state index in [1.807, 2.05) is 0 Å². The van der Waals surface area contributed by atoms with Gasteiger partial charge in [0, 0.05) is 17.4 Å². The lowest BCUT2D eigenvalue weighted by atomic mass is 10.3. The van der Waals surface area contributed by atoms with Crippen LogP contribution in [0.4, 0.5) is 13.2 Å². The van der Waals surface area contributed by atoms with Gasteiger partial charge in [0.2, 0.25) is 0 Å². The van der Waals surface area contributed by atoms with Crippen molar-refractivity contribution in [2.24, 2.45) is 0 Å². The van der Waals surface area contributed by atoms with Gasteiger partial charge in [0.25, 0.3) is 9.84 Å². The first kappa shape index (κ1) is 17.9. The number of nitriles is 1. The van der Waals surface area contributed by atoms with E-state index in [2.05, 4.69) is 0 Å². The molecule has 0 spiro atoms. The summed E-state index contributed by atoms with van der Waals surface area (Å²) in [6, 6.07) is 3.95. The minimum Gasteiger partial charge on any atom is -0.318 e. The van der Waals surface area contributed by atoms with Crippen molar-refractivity contribution in [1.82, 2.24) is 4.57 Å². The van der Waals surface area contributed by atoms with Crippen LogP contribution in [0.25, 0.3) is 5.69 Å². The summed E-state index contributed by atoms with van der Waals surface area (Å²) in [5, 5.41) is 9.03. The molecule has 0 saturated heterocycles. The summed E-state index contributed by atoms with van der Waals surface area (Å²) in [6.45, 7) is 0. The lowest BCUT2D eigenvalue weighted by Gasteiger charge is -2.09. The minimum atomic E-state index is -5.70. The predicted octanol–water partition coefficient (Wildman–Crippen LogP) is 4.60. The molecule has 0 bridgehead atoms. The Morgan fingerprint density at radius 2 is 1.61 bits per heavy atom. The second kappa shape index (κ2) is 5.91. The zero-order valence-corrected chi connectivity index (χ0v) is 13.8. The third-order valence-corrected chi connectivity index (χ3v) is 5.05. The molecule has 0 N–H and O–H groups in total. The van der Waals surface area contributed by atoms with Crippen LogP contribution in [0.3, 0.4) is 0 Å². The number of rotatable bonds is 2. The van der Waals surface area contributed by atoms with Crippen LogP contribution in [0.1, 0.15) is 5.56 Å². The number of nitrogens with zero attached hydrogens (tertiary/aromatic N) is 2. The van der Waals surface area contributed by atoms with Gasteiger partial charge in [-0.3, -0.25) is 0 Å². The van der Waals surface area contributed by atoms with Crippen LogP contribution in [-0.2, 0) is 9.84 Å². The van der Waals surface area contributed by atoms with Crippen LogP contribution < -0.4 is 0 Å². The highest BCUT2D eigenvalue weighted by Crippen LogP contribution is 2.36. The second-order valence-electron chi connectivity index (χ2n) is 4.22. The van der Waals surface area contributed by atoms with Crippen molar-refractivity contribution in [1.29, 1.82) is 5.26 Å². The normalized spacial score (nSPS) is 12.2. The Balaban J connectivity index is 2.75. The van der Waals surface area contributed by atoms with E-state index >= 15 is 0 Å². The average molecular weight is 404 g/mol. The quantitative estimate of drug-likeness (QED) is 0.736. The van der Waals surface area contributed by atoms with Gasteiger partial charge < -0.3 is 4.57 Å². The molecule has 1 aromatic heterocycles. The number of aromatic nitrogens is 1. The maximum absolute atomic E-state index is 12.7. The maximum Gasteiger partial charge on any atom is 0.502 e. The molecule has 0 fully saturated rings. The largest absolute Gasteiger partial charge is 0.502 e. The molecule has 11 heteroatoms. The van der Waals surface area contributed by atoms with E-state index in [1.165, 1.54) is 18.2 Å². The molecule has 2 rings (SSSR count). The summed E-state index contributed by atoms with van der Waals surface area (Å²) in [5.41, 5.74) is -6.24. The molecule has 0 amide bonds. The Morgan fingerprint density at radius 1 is 1.09 bits per heavy atom. The van der Waals surface area contributed by atoms with E-state index < -0.39 is 25.8 Å². The smallest absolute Gasteiger partial charge is 0.318 e. The van der Waals surface area contributed by atoms with Gasteiger partial charge in [-0.2, -0.15) is 18.4 Å². The fraction of sp³-hybridized carbons (Fsp3) is 0.0833. The van der Waals surface area contributed by atoms with Gasteiger partial charge in [0.15, 0.2) is 0 Å². The first-order chi connectivity index (χ1) is 10.5. The number of halogens is 6. The molecule has 2 aromatic rings. The number of alkyl halides is 3. The Hall–Kier alpha value is -1.40. The van der Waals surface area contributed by atoms with Crippen molar-refractivity contribution in [3.63, 3.8) is 0 Å².